The quantitative estimate of drug-likeness (QED) is 0.850. The van der Waals surface area contributed by atoms with Crippen LogP contribution < -0.4 is 0 Å². The van der Waals surface area contributed by atoms with E-state index in [9.17, 15) is 4.39 Å². The Balaban J connectivity index is 1.95. The van der Waals surface area contributed by atoms with Gasteiger partial charge in [-0.2, -0.15) is 4.98 Å². The molecule has 1 aromatic heterocycles. The molecular formula is C14H15FN2O2. The van der Waals surface area contributed by atoms with E-state index in [1.54, 1.807) is 19.2 Å². The lowest BCUT2D eigenvalue weighted by molar-refractivity contribution is 0.173. The Kier molecular flexibility index (Phi) is 3.06. The van der Waals surface area contributed by atoms with Crippen LogP contribution in [0.4, 0.5) is 4.39 Å². The molecule has 1 heterocycles. The topological polar surface area (TPSA) is 48.2 Å². The van der Waals surface area contributed by atoms with E-state index in [0.29, 0.717) is 18.3 Å². The molecule has 2 aromatic rings. The van der Waals surface area contributed by atoms with Crippen LogP contribution in [0.3, 0.4) is 0 Å². The molecule has 0 bridgehead atoms. The molecule has 0 aliphatic heterocycles. The molecule has 5 heteroatoms. The van der Waals surface area contributed by atoms with Gasteiger partial charge in [0.15, 0.2) is 5.82 Å². The van der Waals surface area contributed by atoms with Crippen LogP contribution in [0.5, 0.6) is 0 Å². The highest BCUT2D eigenvalue weighted by atomic mass is 19.1. The van der Waals surface area contributed by atoms with Crippen molar-refractivity contribution < 1.29 is 13.7 Å². The highest BCUT2D eigenvalue weighted by molar-refractivity contribution is 5.34. The summed E-state index contributed by atoms with van der Waals surface area (Å²) in [6, 6.07) is 6.55. The van der Waals surface area contributed by atoms with Gasteiger partial charge in [0, 0.05) is 7.11 Å². The molecule has 0 saturated heterocycles. The van der Waals surface area contributed by atoms with Gasteiger partial charge in [-0.05, 0) is 30.5 Å². The Morgan fingerprint density at radius 3 is 2.63 bits per heavy atom. The van der Waals surface area contributed by atoms with E-state index >= 15 is 0 Å². The van der Waals surface area contributed by atoms with E-state index in [-0.39, 0.29) is 11.2 Å². The molecule has 3 rings (SSSR count). The van der Waals surface area contributed by atoms with Crippen LogP contribution in [-0.4, -0.2) is 17.3 Å². The van der Waals surface area contributed by atoms with Gasteiger partial charge in [-0.15, -0.1) is 0 Å². The molecule has 0 radical (unpaired) electrons. The average molecular weight is 262 g/mol. The monoisotopic (exact) mass is 262 g/mol. The summed E-state index contributed by atoms with van der Waals surface area (Å²) >= 11 is 0. The number of hydrogen-bond donors (Lipinski definition) is 0. The van der Waals surface area contributed by atoms with Gasteiger partial charge < -0.3 is 9.26 Å². The summed E-state index contributed by atoms with van der Waals surface area (Å²) in [5, 5.41) is 3.91. The maximum absolute atomic E-state index is 13.0. The summed E-state index contributed by atoms with van der Waals surface area (Å²) < 4.78 is 23.4. The van der Waals surface area contributed by atoms with Gasteiger partial charge in [0.05, 0.1) is 5.41 Å². The summed E-state index contributed by atoms with van der Waals surface area (Å²) in [4.78, 5) is 4.40. The Morgan fingerprint density at radius 1 is 1.32 bits per heavy atom. The molecule has 1 fully saturated rings. The second-order valence-corrected chi connectivity index (χ2v) is 4.89. The van der Waals surface area contributed by atoms with Crippen LogP contribution in [0.25, 0.3) is 0 Å². The maximum atomic E-state index is 13.0. The van der Waals surface area contributed by atoms with Crippen molar-refractivity contribution in [3.63, 3.8) is 0 Å². The van der Waals surface area contributed by atoms with Crippen molar-refractivity contribution in [2.24, 2.45) is 0 Å². The predicted molar refractivity (Wildman–Crippen MR) is 66.0 cm³/mol. The van der Waals surface area contributed by atoms with E-state index < -0.39 is 0 Å². The maximum Gasteiger partial charge on any atom is 0.237 e. The first kappa shape index (κ1) is 12.3. The van der Waals surface area contributed by atoms with Gasteiger partial charge in [0.1, 0.15) is 12.4 Å². The minimum Gasteiger partial charge on any atom is -0.377 e. The van der Waals surface area contributed by atoms with Crippen molar-refractivity contribution in [2.75, 3.05) is 7.11 Å². The average Bonchev–Trinajstić information content (AvgIpc) is 2.80. The Labute approximate surface area is 110 Å². The van der Waals surface area contributed by atoms with E-state index in [0.717, 1.165) is 24.8 Å². The molecule has 1 aromatic carbocycles. The van der Waals surface area contributed by atoms with Crippen LogP contribution in [0.15, 0.2) is 28.8 Å². The van der Waals surface area contributed by atoms with Gasteiger partial charge in [-0.25, -0.2) is 4.39 Å². The smallest absolute Gasteiger partial charge is 0.237 e. The summed E-state index contributed by atoms with van der Waals surface area (Å²) in [7, 11) is 1.59. The molecular weight excluding hydrogens is 247 g/mol. The molecule has 1 aliphatic rings. The van der Waals surface area contributed by atoms with Gasteiger partial charge in [0.25, 0.3) is 0 Å². The Hall–Kier alpha value is -1.75. The lowest BCUT2D eigenvalue weighted by Gasteiger charge is -2.38. The normalized spacial score (nSPS) is 17.2. The predicted octanol–water partition coefficient (Wildman–Crippen LogP) is 2.83. The zero-order chi connectivity index (χ0) is 13.3. The van der Waals surface area contributed by atoms with Gasteiger partial charge >= 0.3 is 0 Å². The first-order valence-corrected chi connectivity index (χ1v) is 6.33. The fraction of sp³-hybridized carbons (Fsp3) is 0.429. The van der Waals surface area contributed by atoms with Crippen molar-refractivity contribution in [3.8, 4) is 0 Å². The van der Waals surface area contributed by atoms with Gasteiger partial charge in [-0.3, -0.25) is 0 Å². The molecule has 0 unspecified atom stereocenters. The van der Waals surface area contributed by atoms with Gasteiger partial charge in [0.2, 0.25) is 5.89 Å². The van der Waals surface area contributed by atoms with Crippen molar-refractivity contribution in [1.29, 1.82) is 0 Å². The van der Waals surface area contributed by atoms with Gasteiger partial charge in [-0.1, -0.05) is 23.7 Å². The number of halogens is 1. The van der Waals surface area contributed by atoms with Crippen LogP contribution in [0.2, 0.25) is 0 Å². The van der Waals surface area contributed by atoms with Crippen molar-refractivity contribution in [1.82, 2.24) is 10.1 Å². The van der Waals surface area contributed by atoms with E-state index in [2.05, 4.69) is 10.1 Å². The molecule has 1 aliphatic carbocycles. The third-order valence-electron chi connectivity index (χ3n) is 3.75. The number of aromatic nitrogens is 2. The summed E-state index contributed by atoms with van der Waals surface area (Å²) in [6.07, 6.45) is 3.01. The van der Waals surface area contributed by atoms with E-state index in [4.69, 9.17) is 9.26 Å². The van der Waals surface area contributed by atoms with Crippen molar-refractivity contribution in [3.05, 3.63) is 47.4 Å². The molecule has 100 valence electrons. The second-order valence-electron chi connectivity index (χ2n) is 4.89. The fourth-order valence-corrected chi connectivity index (χ4v) is 2.56. The Morgan fingerprint density at radius 2 is 2.05 bits per heavy atom. The fourth-order valence-electron chi connectivity index (χ4n) is 2.56. The molecule has 0 amide bonds. The number of hydrogen-bond acceptors (Lipinski definition) is 4. The highest BCUT2D eigenvalue weighted by Gasteiger charge is 2.45. The number of nitrogens with zero attached hydrogens (tertiary/aromatic N) is 2. The van der Waals surface area contributed by atoms with Crippen molar-refractivity contribution in [2.45, 2.75) is 31.3 Å². The summed E-state index contributed by atoms with van der Waals surface area (Å²) in [6.45, 7) is 0.336. The molecule has 1 saturated carbocycles. The minimum absolute atomic E-state index is 0.233. The van der Waals surface area contributed by atoms with E-state index in [1.165, 1.54) is 12.1 Å². The van der Waals surface area contributed by atoms with Crippen LogP contribution in [0, 0.1) is 5.82 Å². The van der Waals surface area contributed by atoms with Crippen LogP contribution in [0.1, 0.15) is 36.5 Å². The number of methoxy groups -OCH3 is 1. The summed E-state index contributed by atoms with van der Waals surface area (Å²) in [5.41, 5.74) is 0.792. The zero-order valence-corrected chi connectivity index (χ0v) is 10.7. The third-order valence-corrected chi connectivity index (χ3v) is 3.75. The highest BCUT2D eigenvalue weighted by Crippen LogP contribution is 2.48. The minimum atomic E-state index is -0.243. The lowest BCUT2D eigenvalue weighted by Crippen LogP contribution is -2.35. The third kappa shape index (κ3) is 2.04. The summed E-state index contributed by atoms with van der Waals surface area (Å²) in [5.74, 6) is 0.923. The molecule has 0 spiro atoms. The molecule has 19 heavy (non-hydrogen) atoms. The number of rotatable bonds is 4. The Bertz CT molecular complexity index is 561. The lowest BCUT2D eigenvalue weighted by atomic mass is 9.64. The largest absolute Gasteiger partial charge is 0.377 e. The van der Waals surface area contributed by atoms with Crippen molar-refractivity contribution >= 4 is 0 Å². The second kappa shape index (κ2) is 4.74. The first-order chi connectivity index (χ1) is 9.24. The number of ether oxygens (including phenoxy) is 1. The molecule has 0 N–H and O–H groups in total. The zero-order valence-electron chi connectivity index (χ0n) is 10.7. The standard InChI is InChI=1S/C14H15FN2O2/c1-18-9-12-16-13(19-17-12)14(7-2-8-14)10-3-5-11(15)6-4-10/h3-6H,2,7-9H2,1H3. The molecule has 4 nitrogen and oxygen atoms in total. The SMILES string of the molecule is COCc1noc(C2(c3ccc(F)cc3)CCC2)n1. The van der Waals surface area contributed by atoms with Crippen LogP contribution >= 0.6 is 0 Å². The number of benzene rings is 1. The first-order valence-electron chi connectivity index (χ1n) is 6.33. The van der Waals surface area contributed by atoms with E-state index in [1.807, 2.05) is 0 Å². The molecule has 0 atom stereocenters. The van der Waals surface area contributed by atoms with Crippen LogP contribution in [-0.2, 0) is 16.8 Å².